The van der Waals surface area contributed by atoms with Crippen LogP contribution in [0.3, 0.4) is 0 Å². The number of aryl methyl sites for hydroxylation is 1. The van der Waals surface area contributed by atoms with E-state index in [9.17, 15) is 4.79 Å². The molecule has 0 saturated carbocycles. The van der Waals surface area contributed by atoms with Gasteiger partial charge in [-0.25, -0.2) is 4.79 Å². The molecular formula is C8H9N3O2S. The molecule has 0 amide bonds. The van der Waals surface area contributed by atoms with Crippen LogP contribution in [0.4, 0.5) is 0 Å². The molecule has 0 N–H and O–H groups in total. The SMILES string of the molecule is CCOC(=O)c1sc2nncn2c1C. The lowest BCUT2D eigenvalue weighted by Gasteiger charge is -1.98. The first-order valence-electron chi connectivity index (χ1n) is 4.20. The first kappa shape index (κ1) is 9.14. The fraction of sp³-hybridized carbons (Fsp3) is 0.375. The molecule has 2 rings (SSSR count). The van der Waals surface area contributed by atoms with Crippen LogP contribution in [-0.4, -0.2) is 27.2 Å². The van der Waals surface area contributed by atoms with Crippen molar-refractivity contribution in [1.29, 1.82) is 0 Å². The summed E-state index contributed by atoms with van der Waals surface area (Å²) in [6.45, 7) is 4.02. The summed E-state index contributed by atoms with van der Waals surface area (Å²) in [5.74, 6) is -0.291. The number of hydrogen-bond acceptors (Lipinski definition) is 5. The highest BCUT2D eigenvalue weighted by molar-refractivity contribution is 7.18. The van der Waals surface area contributed by atoms with Crippen molar-refractivity contribution in [2.24, 2.45) is 0 Å². The molecule has 0 bridgehead atoms. The molecule has 2 heterocycles. The van der Waals surface area contributed by atoms with Crippen molar-refractivity contribution in [2.75, 3.05) is 6.61 Å². The molecule has 0 unspecified atom stereocenters. The van der Waals surface area contributed by atoms with Crippen LogP contribution in [0.15, 0.2) is 6.33 Å². The smallest absolute Gasteiger partial charge is 0.350 e. The summed E-state index contributed by atoms with van der Waals surface area (Å²) in [5, 5.41) is 7.61. The fourth-order valence-corrected chi connectivity index (χ4v) is 2.13. The van der Waals surface area contributed by atoms with Crippen LogP contribution in [0.25, 0.3) is 4.96 Å². The van der Waals surface area contributed by atoms with Gasteiger partial charge < -0.3 is 4.74 Å². The highest BCUT2D eigenvalue weighted by Gasteiger charge is 2.17. The van der Waals surface area contributed by atoms with E-state index in [0.29, 0.717) is 16.4 Å². The number of carbonyl (C=O) groups is 1. The fourth-order valence-electron chi connectivity index (χ4n) is 1.18. The Morgan fingerprint density at radius 3 is 3.14 bits per heavy atom. The number of aromatic nitrogens is 3. The molecule has 74 valence electrons. The van der Waals surface area contributed by atoms with E-state index < -0.39 is 0 Å². The van der Waals surface area contributed by atoms with E-state index in [1.807, 2.05) is 6.92 Å². The van der Waals surface area contributed by atoms with Crippen molar-refractivity contribution in [1.82, 2.24) is 14.6 Å². The summed E-state index contributed by atoms with van der Waals surface area (Å²) in [4.78, 5) is 12.8. The number of thiazole rings is 1. The highest BCUT2D eigenvalue weighted by Crippen LogP contribution is 2.21. The minimum absolute atomic E-state index is 0.291. The Morgan fingerprint density at radius 1 is 1.71 bits per heavy atom. The topological polar surface area (TPSA) is 56.5 Å². The highest BCUT2D eigenvalue weighted by atomic mass is 32.1. The number of hydrogen-bond donors (Lipinski definition) is 0. The second-order valence-electron chi connectivity index (χ2n) is 2.72. The Labute approximate surface area is 84.3 Å². The molecule has 5 nitrogen and oxygen atoms in total. The molecule has 0 atom stereocenters. The van der Waals surface area contributed by atoms with Gasteiger partial charge in [-0.3, -0.25) is 4.40 Å². The molecule has 0 aromatic carbocycles. The van der Waals surface area contributed by atoms with E-state index in [2.05, 4.69) is 10.2 Å². The number of nitrogens with zero attached hydrogens (tertiary/aromatic N) is 3. The van der Waals surface area contributed by atoms with Crippen molar-refractivity contribution in [3.63, 3.8) is 0 Å². The summed E-state index contributed by atoms with van der Waals surface area (Å²) in [7, 11) is 0. The zero-order valence-electron chi connectivity index (χ0n) is 7.85. The molecule has 0 aliphatic heterocycles. The number of esters is 1. The van der Waals surface area contributed by atoms with Gasteiger partial charge >= 0.3 is 5.97 Å². The lowest BCUT2D eigenvalue weighted by molar-refractivity contribution is 0.0531. The summed E-state index contributed by atoms with van der Waals surface area (Å²) in [6.07, 6.45) is 1.59. The number of fused-ring (bicyclic) bond motifs is 1. The van der Waals surface area contributed by atoms with Crippen molar-refractivity contribution >= 4 is 22.3 Å². The lowest BCUT2D eigenvalue weighted by Crippen LogP contribution is -2.04. The van der Waals surface area contributed by atoms with Gasteiger partial charge in [0.15, 0.2) is 0 Å². The van der Waals surface area contributed by atoms with E-state index in [4.69, 9.17) is 4.74 Å². The van der Waals surface area contributed by atoms with E-state index in [1.165, 1.54) is 11.3 Å². The zero-order chi connectivity index (χ0) is 10.1. The minimum atomic E-state index is -0.291. The predicted molar refractivity (Wildman–Crippen MR) is 51.6 cm³/mol. The number of carbonyl (C=O) groups excluding carboxylic acids is 1. The summed E-state index contributed by atoms with van der Waals surface area (Å²) < 4.78 is 6.69. The maximum absolute atomic E-state index is 11.5. The van der Waals surface area contributed by atoms with Crippen LogP contribution in [0.5, 0.6) is 0 Å². The second kappa shape index (κ2) is 3.38. The Morgan fingerprint density at radius 2 is 2.50 bits per heavy atom. The number of rotatable bonds is 2. The van der Waals surface area contributed by atoms with Gasteiger partial charge in [-0.15, -0.1) is 10.2 Å². The summed E-state index contributed by atoms with van der Waals surface area (Å²) >= 11 is 1.29. The van der Waals surface area contributed by atoms with Crippen molar-refractivity contribution in [3.8, 4) is 0 Å². The van der Waals surface area contributed by atoms with Crippen LogP contribution >= 0.6 is 11.3 Å². The van der Waals surface area contributed by atoms with E-state index in [0.717, 1.165) is 5.69 Å². The normalized spacial score (nSPS) is 10.7. The van der Waals surface area contributed by atoms with E-state index in [-0.39, 0.29) is 5.97 Å². The molecule has 6 heteroatoms. The maximum atomic E-state index is 11.5. The van der Waals surface area contributed by atoms with Gasteiger partial charge in [-0.2, -0.15) is 0 Å². The van der Waals surface area contributed by atoms with Crippen molar-refractivity contribution in [3.05, 3.63) is 16.9 Å². The molecule has 0 saturated heterocycles. The molecule has 0 fully saturated rings. The molecular weight excluding hydrogens is 202 g/mol. The zero-order valence-corrected chi connectivity index (χ0v) is 8.67. The van der Waals surface area contributed by atoms with E-state index in [1.54, 1.807) is 17.7 Å². The molecule has 0 radical (unpaired) electrons. The van der Waals surface area contributed by atoms with Crippen molar-refractivity contribution < 1.29 is 9.53 Å². The standard InChI is InChI=1S/C8H9N3O2S/c1-3-13-7(12)6-5(2)11-4-9-10-8(11)14-6/h4H,3H2,1-2H3. The van der Waals surface area contributed by atoms with E-state index >= 15 is 0 Å². The second-order valence-corrected chi connectivity index (χ2v) is 3.70. The van der Waals surface area contributed by atoms with Crippen LogP contribution in [0, 0.1) is 6.92 Å². The van der Waals surface area contributed by atoms with Gasteiger partial charge in [0.25, 0.3) is 0 Å². The van der Waals surface area contributed by atoms with Crippen LogP contribution in [0.1, 0.15) is 22.3 Å². The maximum Gasteiger partial charge on any atom is 0.350 e. The third kappa shape index (κ3) is 1.27. The Hall–Kier alpha value is -1.43. The van der Waals surface area contributed by atoms with Crippen LogP contribution in [0.2, 0.25) is 0 Å². The third-order valence-corrected chi connectivity index (χ3v) is 2.99. The molecule has 14 heavy (non-hydrogen) atoms. The number of ether oxygens (including phenoxy) is 1. The average Bonchev–Trinajstić information content (AvgIpc) is 2.69. The third-order valence-electron chi connectivity index (χ3n) is 1.86. The predicted octanol–water partition coefficient (Wildman–Crippen LogP) is 1.28. The largest absolute Gasteiger partial charge is 0.462 e. The van der Waals surface area contributed by atoms with Gasteiger partial charge in [0.1, 0.15) is 11.2 Å². The summed E-state index contributed by atoms with van der Waals surface area (Å²) in [6, 6.07) is 0. The van der Waals surface area contributed by atoms with Gasteiger partial charge in [0.2, 0.25) is 4.96 Å². The monoisotopic (exact) mass is 211 g/mol. The molecule has 0 spiro atoms. The van der Waals surface area contributed by atoms with Gasteiger partial charge in [-0.1, -0.05) is 11.3 Å². The average molecular weight is 211 g/mol. The van der Waals surface area contributed by atoms with Gasteiger partial charge in [0, 0.05) is 5.69 Å². The Balaban J connectivity index is 2.47. The summed E-state index contributed by atoms with van der Waals surface area (Å²) in [5.41, 5.74) is 0.827. The Kier molecular flexibility index (Phi) is 2.20. The van der Waals surface area contributed by atoms with Crippen molar-refractivity contribution in [2.45, 2.75) is 13.8 Å². The van der Waals surface area contributed by atoms with Crippen LogP contribution < -0.4 is 0 Å². The lowest BCUT2D eigenvalue weighted by atomic mass is 10.4. The first-order valence-corrected chi connectivity index (χ1v) is 5.02. The molecule has 0 aliphatic carbocycles. The quantitative estimate of drug-likeness (QED) is 0.702. The molecule has 2 aromatic heterocycles. The van der Waals surface area contributed by atoms with Gasteiger partial charge in [-0.05, 0) is 13.8 Å². The Bertz CT molecular complexity index is 474. The van der Waals surface area contributed by atoms with Gasteiger partial charge in [0.05, 0.1) is 6.61 Å². The van der Waals surface area contributed by atoms with Crippen LogP contribution in [-0.2, 0) is 4.74 Å². The first-order chi connectivity index (χ1) is 6.74. The molecule has 2 aromatic rings. The molecule has 0 aliphatic rings. The minimum Gasteiger partial charge on any atom is -0.462 e.